The summed E-state index contributed by atoms with van der Waals surface area (Å²) in [6.07, 6.45) is 0.307. The minimum atomic E-state index is -0.0994. The van der Waals surface area contributed by atoms with Crippen LogP contribution < -0.4 is 0 Å². The highest BCUT2D eigenvalue weighted by Gasteiger charge is 2.37. The molecule has 2 saturated heterocycles. The molecule has 3 atom stereocenters. The molecule has 2 rings (SSSR count). The fraction of sp³-hybridized carbons (Fsp3) is 0.905. The van der Waals surface area contributed by atoms with Crippen molar-refractivity contribution in [2.24, 2.45) is 5.92 Å². The van der Waals surface area contributed by atoms with Crippen LogP contribution in [-0.2, 0) is 14.3 Å². The topological polar surface area (TPSA) is 56.3 Å². The predicted octanol–water partition coefficient (Wildman–Crippen LogP) is 1.13. The molecule has 0 N–H and O–H groups in total. The van der Waals surface area contributed by atoms with Gasteiger partial charge in [0.15, 0.2) is 0 Å². The zero-order valence-corrected chi connectivity index (χ0v) is 18.7. The van der Waals surface area contributed by atoms with E-state index in [-0.39, 0.29) is 36.0 Å². The second-order valence-corrected chi connectivity index (χ2v) is 8.57. The number of nitrogens with zero attached hydrogens (tertiary/aromatic N) is 4. The molecule has 7 heteroatoms. The van der Waals surface area contributed by atoms with Crippen LogP contribution in [0, 0.1) is 5.92 Å². The summed E-state index contributed by atoms with van der Waals surface area (Å²) in [7, 11) is 0. The van der Waals surface area contributed by atoms with Crippen LogP contribution in [0.4, 0.5) is 0 Å². The quantitative estimate of drug-likeness (QED) is 0.646. The summed E-state index contributed by atoms with van der Waals surface area (Å²) in [4.78, 5) is 34.0. The van der Waals surface area contributed by atoms with E-state index in [0.29, 0.717) is 19.6 Å². The number of rotatable bonds is 7. The zero-order chi connectivity index (χ0) is 20.8. The van der Waals surface area contributed by atoms with Gasteiger partial charge in [-0.1, -0.05) is 13.8 Å². The Bertz CT molecular complexity index is 506. The van der Waals surface area contributed by atoms with E-state index >= 15 is 0 Å². The van der Waals surface area contributed by atoms with Crippen LogP contribution >= 0.6 is 0 Å². The number of carbonyl (C=O) groups is 2. The van der Waals surface area contributed by atoms with Crippen LogP contribution in [0.1, 0.15) is 41.5 Å². The van der Waals surface area contributed by atoms with E-state index in [2.05, 4.69) is 37.5 Å². The molecule has 28 heavy (non-hydrogen) atoms. The Balaban J connectivity index is 1.92. The van der Waals surface area contributed by atoms with Crippen LogP contribution in [0.3, 0.4) is 0 Å². The summed E-state index contributed by atoms with van der Waals surface area (Å²) in [6.45, 7) is 18.9. The summed E-state index contributed by atoms with van der Waals surface area (Å²) in [5.74, 6) is 0.666. The summed E-state index contributed by atoms with van der Waals surface area (Å²) >= 11 is 0. The van der Waals surface area contributed by atoms with Crippen LogP contribution in [-0.4, -0.2) is 109 Å². The van der Waals surface area contributed by atoms with Gasteiger partial charge >= 0.3 is 0 Å². The minimum Gasteiger partial charge on any atom is -0.373 e. The maximum absolute atomic E-state index is 13.3. The van der Waals surface area contributed by atoms with Gasteiger partial charge in [0.2, 0.25) is 11.8 Å². The summed E-state index contributed by atoms with van der Waals surface area (Å²) in [6, 6.07) is -0.0994. The lowest BCUT2D eigenvalue weighted by Gasteiger charge is -2.44. The predicted molar refractivity (Wildman–Crippen MR) is 111 cm³/mol. The molecule has 0 aromatic rings. The average Bonchev–Trinajstić information content (AvgIpc) is 2.62. The fourth-order valence-corrected chi connectivity index (χ4v) is 4.49. The van der Waals surface area contributed by atoms with Gasteiger partial charge in [0.1, 0.15) is 0 Å². The summed E-state index contributed by atoms with van der Waals surface area (Å²) in [5, 5.41) is 0. The zero-order valence-electron chi connectivity index (χ0n) is 18.7. The van der Waals surface area contributed by atoms with E-state index < -0.39 is 0 Å². The maximum atomic E-state index is 13.3. The number of hydrogen-bond donors (Lipinski definition) is 0. The molecule has 0 bridgehead atoms. The monoisotopic (exact) mass is 396 g/mol. The lowest BCUT2D eigenvalue weighted by atomic mass is 9.98. The van der Waals surface area contributed by atoms with Gasteiger partial charge in [-0.3, -0.25) is 19.4 Å². The molecule has 3 unspecified atom stereocenters. The van der Waals surface area contributed by atoms with Crippen molar-refractivity contribution in [2.75, 3.05) is 58.9 Å². The first kappa shape index (κ1) is 23.1. The average molecular weight is 397 g/mol. The van der Waals surface area contributed by atoms with Crippen molar-refractivity contribution in [3.05, 3.63) is 0 Å². The third kappa shape index (κ3) is 5.91. The van der Waals surface area contributed by atoms with E-state index in [1.54, 1.807) is 0 Å². The molecule has 0 aliphatic carbocycles. The molecular weight excluding hydrogens is 356 g/mol. The number of amides is 2. The molecule has 0 spiro atoms. The molecule has 2 heterocycles. The Kier molecular flexibility index (Phi) is 8.71. The molecule has 162 valence electrons. The lowest BCUT2D eigenvalue weighted by molar-refractivity contribution is -0.147. The Morgan fingerprint density at radius 1 is 1.00 bits per heavy atom. The van der Waals surface area contributed by atoms with Crippen molar-refractivity contribution in [3.63, 3.8) is 0 Å². The minimum absolute atomic E-state index is 0.0994. The second-order valence-electron chi connectivity index (χ2n) is 8.57. The van der Waals surface area contributed by atoms with Crippen molar-refractivity contribution in [3.8, 4) is 0 Å². The number of morpholine rings is 1. The Labute approximate surface area is 171 Å². The van der Waals surface area contributed by atoms with E-state index in [4.69, 9.17) is 4.74 Å². The highest BCUT2D eigenvalue weighted by Crippen LogP contribution is 2.21. The number of piperazine rings is 1. The third-order valence-electron chi connectivity index (χ3n) is 5.88. The molecular formula is C21H40N4O3. The molecule has 7 nitrogen and oxygen atoms in total. The molecule has 2 aliphatic heterocycles. The van der Waals surface area contributed by atoms with E-state index in [0.717, 1.165) is 39.3 Å². The molecule has 0 aromatic carbocycles. The van der Waals surface area contributed by atoms with Gasteiger partial charge in [0, 0.05) is 52.4 Å². The Morgan fingerprint density at radius 3 is 2.00 bits per heavy atom. The van der Waals surface area contributed by atoms with E-state index in [1.165, 1.54) is 0 Å². The molecule has 0 aromatic heterocycles. The van der Waals surface area contributed by atoms with Gasteiger partial charge in [0.25, 0.3) is 0 Å². The normalized spacial score (nSPS) is 25.8. The SMILES string of the molecule is CCN(CC)C(=O)CN1CCN(C(=O)C(C(C)C)N2CC(C)OC(C)C2)CC1. The van der Waals surface area contributed by atoms with E-state index in [9.17, 15) is 9.59 Å². The maximum Gasteiger partial charge on any atom is 0.240 e. The number of ether oxygens (including phenoxy) is 1. The number of hydrogen-bond acceptors (Lipinski definition) is 5. The van der Waals surface area contributed by atoms with Crippen molar-refractivity contribution in [1.82, 2.24) is 19.6 Å². The lowest BCUT2D eigenvalue weighted by Crippen LogP contribution is -2.60. The van der Waals surface area contributed by atoms with Crippen LogP contribution in [0.5, 0.6) is 0 Å². The highest BCUT2D eigenvalue weighted by atomic mass is 16.5. The van der Waals surface area contributed by atoms with Gasteiger partial charge in [-0.25, -0.2) is 0 Å². The molecule has 2 amide bonds. The van der Waals surface area contributed by atoms with Gasteiger partial charge < -0.3 is 14.5 Å². The summed E-state index contributed by atoms with van der Waals surface area (Å²) < 4.78 is 5.85. The highest BCUT2D eigenvalue weighted by molar-refractivity contribution is 5.82. The number of carbonyl (C=O) groups excluding carboxylic acids is 2. The first-order valence-corrected chi connectivity index (χ1v) is 10.9. The van der Waals surface area contributed by atoms with Crippen LogP contribution in [0.2, 0.25) is 0 Å². The van der Waals surface area contributed by atoms with Crippen molar-refractivity contribution in [1.29, 1.82) is 0 Å². The Morgan fingerprint density at radius 2 is 1.54 bits per heavy atom. The first-order chi connectivity index (χ1) is 13.3. The first-order valence-electron chi connectivity index (χ1n) is 10.9. The number of likely N-dealkylation sites (N-methyl/N-ethyl adjacent to an activating group) is 1. The molecule has 0 saturated carbocycles. The largest absolute Gasteiger partial charge is 0.373 e. The molecule has 2 fully saturated rings. The van der Waals surface area contributed by atoms with E-state index in [1.807, 2.05) is 23.6 Å². The fourth-order valence-electron chi connectivity index (χ4n) is 4.49. The van der Waals surface area contributed by atoms with Crippen molar-refractivity contribution < 1.29 is 14.3 Å². The Hall–Kier alpha value is -1.18. The third-order valence-corrected chi connectivity index (χ3v) is 5.88. The second kappa shape index (κ2) is 10.6. The molecule has 2 aliphatic rings. The van der Waals surface area contributed by atoms with Gasteiger partial charge in [-0.05, 0) is 33.6 Å². The standard InChI is InChI=1S/C21H40N4O3/c1-7-23(8-2)19(26)15-22-9-11-24(12-10-22)21(27)20(16(3)4)25-13-17(5)28-18(6)14-25/h16-18,20H,7-15H2,1-6H3. The van der Waals surface area contributed by atoms with Crippen molar-refractivity contribution >= 4 is 11.8 Å². The smallest absolute Gasteiger partial charge is 0.240 e. The summed E-state index contributed by atoms with van der Waals surface area (Å²) in [5.41, 5.74) is 0. The van der Waals surface area contributed by atoms with Crippen molar-refractivity contribution in [2.45, 2.75) is 59.8 Å². The van der Waals surface area contributed by atoms with Crippen LogP contribution in [0.15, 0.2) is 0 Å². The van der Waals surface area contributed by atoms with Crippen LogP contribution in [0.25, 0.3) is 0 Å². The van der Waals surface area contributed by atoms with Gasteiger partial charge in [-0.2, -0.15) is 0 Å². The van der Waals surface area contributed by atoms with Gasteiger partial charge in [0.05, 0.1) is 24.8 Å². The molecule has 0 radical (unpaired) electrons. The van der Waals surface area contributed by atoms with Gasteiger partial charge in [-0.15, -0.1) is 0 Å².